The predicted molar refractivity (Wildman–Crippen MR) is 120 cm³/mol. The average Bonchev–Trinajstić information content (AvgIpc) is 2.81. The first-order valence-corrected chi connectivity index (χ1v) is 11.5. The molecule has 33 heavy (non-hydrogen) atoms. The molecule has 2 unspecified atom stereocenters. The smallest absolute Gasteiger partial charge is 0.269 e. The van der Waals surface area contributed by atoms with Gasteiger partial charge in [0.05, 0.1) is 17.6 Å². The highest BCUT2D eigenvalue weighted by atomic mass is 16.7. The Morgan fingerprint density at radius 1 is 1.24 bits per heavy atom. The molecule has 2 amide bonds. The number of benzene rings is 1. The molecule has 1 aliphatic rings. The summed E-state index contributed by atoms with van der Waals surface area (Å²) in [6.07, 6.45) is 4.02. The fourth-order valence-corrected chi connectivity index (χ4v) is 4.14. The summed E-state index contributed by atoms with van der Waals surface area (Å²) in [6, 6.07) is 5.53. The topological polar surface area (TPSA) is 140 Å². The van der Waals surface area contributed by atoms with Crippen LogP contribution in [0.1, 0.15) is 51.5 Å². The van der Waals surface area contributed by atoms with Crippen LogP contribution in [0.15, 0.2) is 24.3 Å². The predicted octanol–water partition coefficient (Wildman–Crippen LogP) is 2.97. The minimum Gasteiger partial charge on any atom is -0.356 e. The number of nitro benzene ring substituents is 1. The molecule has 0 spiro atoms. The minimum absolute atomic E-state index is 0.0611. The molecule has 1 aliphatic carbocycles. The van der Waals surface area contributed by atoms with E-state index >= 15 is 0 Å². The van der Waals surface area contributed by atoms with E-state index in [0.29, 0.717) is 18.1 Å². The molecule has 10 nitrogen and oxygen atoms in total. The van der Waals surface area contributed by atoms with Crippen LogP contribution in [0.25, 0.3) is 0 Å². The van der Waals surface area contributed by atoms with Gasteiger partial charge in [-0.2, -0.15) is 0 Å². The number of rotatable bonds is 13. The van der Waals surface area contributed by atoms with Crippen molar-refractivity contribution in [2.75, 3.05) is 20.0 Å². The van der Waals surface area contributed by atoms with Gasteiger partial charge in [-0.3, -0.25) is 24.9 Å². The van der Waals surface area contributed by atoms with Crippen molar-refractivity contribution < 1.29 is 29.2 Å². The Kier molecular flexibility index (Phi) is 11.2. The van der Waals surface area contributed by atoms with Crippen LogP contribution in [-0.4, -0.2) is 48.0 Å². The van der Waals surface area contributed by atoms with Gasteiger partial charge in [-0.05, 0) is 56.9 Å². The molecule has 10 heteroatoms. The van der Waals surface area contributed by atoms with Gasteiger partial charge in [0.15, 0.2) is 0 Å². The molecule has 0 radical (unpaired) electrons. The zero-order chi connectivity index (χ0) is 24.2. The van der Waals surface area contributed by atoms with Crippen molar-refractivity contribution in [1.29, 1.82) is 0 Å². The number of hydrogen-bond donors (Lipinski definition) is 3. The summed E-state index contributed by atoms with van der Waals surface area (Å²) < 4.78 is 10.7. The first-order chi connectivity index (χ1) is 15.8. The van der Waals surface area contributed by atoms with E-state index < -0.39 is 22.8 Å². The summed E-state index contributed by atoms with van der Waals surface area (Å²) in [7, 11) is 0. The maximum Gasteiger partial charge on any atom is 0.269 e. The second kappa shape index (κ2) is 13.9. The number of ether oxygens (including phenoxy) is 2. The third kappa shape index (κ3) is 9.07. The number of carbonyl (C=O) groups is 2. The van der Waals surface area contributed by atoms with E-state index in [9.17, 15) is 24.9 Å². The van der Waals surface area contributed by atoms with Crippen molar-refractivity contribution in [3.05, 3.63) is 39.9 Å². The molecule has 1 aromatic carbocycles. The fourth-order valence-electron chi connectivity index (χ4n) is 4.14. The van der Waals surface area contributed by atoms with Gasteiger partial charge in [0.25, 0.3) is 5.69 Å². The second-order valence-electron chi connectivity index (χ2n) is 8.68. The van der Waals surface area contributed by atoms with Gasteiger partial charge in [0.1, 0.15) is 6.79 Å². The normalized spacial score (nSPS) is 20.0. The Morgan fingerprint density at radius 2 is 1.97 bits per heavy atom. The highest BCUT2D eigenvalue weighted by molar-refractivity contribution is 5.80. The first-order valence-electron chi connectivity index (χ1n) is 11.5. The van der Waals surface area contributed by atoms with Gasteiger partial charge in [0, 0.05) is 30.6 Å². The molecular weight excluding hydrogens is 430 g/mol. The van der Waals surface area contributed by atoms with Gasteiger partial charge in [0.2, 0.25) is 11.8 Å². The van der Waals surface area contributed by atoms with Crippen LogP contribution in [0.4, 0.5) is 5.69 Å². The summed E-state index contributed by atoms with van der Waals surface area (Å²) in [5.74, 6) is -0.878. The zero-order valence-electron chi connectivity index (χ0n) is 19.3. The lowest BCUT2D eigenvalue weighted by atomic mass is 9.82. The van der Waals surface area contributed by atoms with Crippen molar-refractivity contribution in [3.8, 4) is 0 Å². The van der Waals surface area contributed by atoms with Crippen LogP contribution in [0.5, 0.6) is 0 Å². The monoisotopic (exact) mass is 465 g/mol. The van der Waals surface area contributed by atoms with Crippen LogP contribution < -0.4 is 10.8 Å². The molecule has 0 aliphatic heterocycles. The molecule has 3 N–H and O–H groups in total. The molecule has 1 saturated carbocycles. The van der Waals surface area contributed by atoms with E-state index in [1.807, 2.05) is 6.92 Å². The SMILES string of the molecule is CCOCOCC(CC(Cc1cccc([N+](=O)[O-])c1)C(=O)NO)NC(=O)C1CCC(C)CC1. The maximum absolute atomic E-state index is 12.9. The van der Waals surface area contributed by atoms with Crippen molar-refractivity contribution in [3.63, 3.8) is 0 Å². The molecule has 0 saturated heterocycles. The van der Waals surface area contributed by atoms with Gasteiger partial charge in [-0.25, -0.2) is 5.48 Å². The quantitative estimate of drug-likeness (QED) is 0.134. The van der Waals surface area contributed by atoms with Crippen LogP contribution in [0, 0.1) is 27.9 Å². The lowest BCUT2D eigenvalue weighted by Crippen LogP contribution is -2.45. The second-order valence-corrected chi connectivity index (χ2v) is 8.68. The van der Waals surface area contributed by atoms with Gasteiger partial charge >= 0.3 is 0 Å². The third-order valence-electron chi connectivity index (χ3n) is 6.08. The lowest BCUT2D eigenvalue weighted by molar-refractivity contribution is -0.384. The lowest BCUT2D eigenvalue weighted by Gasteiger charge is -2.29. The number of carbonyl (C=O) groups excluding carboxylic acids is 2. The van der Waals surface area contributed by atoms with Crippen molar-refractivity contribution in [2.24, 2.45) is 17.8 Å². The molecule has 2 atom stereocenters. The van der Waals surface area contributed by atoms with E-state index in [0.717, 1.165) is 25.7 Å². The molecule has 2 rings (SSSR count). The van der Waals surface area contributed by atoms with Crippen LogP contribution >= 0.6 is 0 Å². The maximum atomic E-state index is 12.9. The molecule has 0 bridgehead atoms. The summed E-state index contributed by atoms with van der Waals surface area (Å²) >= 11 is 0. The number of hydroxylamine groups is 1. The number of nitrogens with one attached hydrogen (secondary N) is 2. The van der Waals surface area contributed by atoms with Crippen LogP contribution in [-0.2, 0) is 25.5 Å². The molecule has 184 valence electrons. The van der Waals surface area contributed by atoms with Gasteiger partial charge < -0.3 is 14.8 Å². The van der Waals surface area contributed by atoms with Crippen LogP contribution in [0.3, 0.4) is 0 Å². The number of hydrogen-bond acceptors (Lipinski definition) is 7. The summed E-state index contributed by atoms with van der Waals surface area (Å²) in [4.78, 5) is 35.9. The highest BCUT2D eigenvalue weighted by Crippen LogP contribution is 2.28. The first kappa shape index (κ1) is 26.7. The summed E-state index contributed by atoms with van der Waals surface area (Å²) in [5.41, 5.74) is 2.18. The highest BCUT2D eigenvalue weighted by Gasteiger charge is 2.29. The average molecular weight is 466 g/mol. The van der Waals surface area contributed by atoms with E-state index in [4.69, 9.17) is 9.47 Å². The third-order valence-corrected chi connectivity index (χ3v) is 6.08. The Balaban J connectivity index is 2.10. The summed E-state index contributed by atoms with van der Waals surface area (Å²) in [5, 5.41) is 23.3. The zero-order valence-corrected chi connectivity index (χ0v) is 19.3. The van der Waals surface area contributed by atoms with E-state index in [1.54, 1.807) is 17.6 Å². The number of amides is 2. The molecular formula is C23H35N3O7. The number of nitro groups is 1. The van der Waals surface area contributed by atoms with Gasteiger partial charge in [-0.15, -0.1) is 0 Å². The van der Waals surface area contributed by atoms with E-state index in [1.165, 1.54) is 12.1 Å². The fraction of sp³-hybridized carbons (Fsp3) is 0.652. The molecule has 1 aromatic rings. The number of non-ortho nitro benzene ring substituents is 1. The minimum atomic E-state index is -0.732. The van der Waals surface area contributed by atoms with E-state index in [2.05, 4.69) is 12.2 Å². The Labute approximate surface area is 194 Å². The summed E-state index contributed by atoms with van der Waals surface area (Å²) in [6.45, 7) is 4.71. The standard InChI is InChI=1S/C23H35N3O7/c1-3-32-15-33-14-20(24-22(27)18-9-7-16(2)8-10-18)13-19(23(28)25-29)11-17-5-4-6-21(12-17)26(30)31/h4-6,12,16,18-20,29H,3,7-11,13-15H2,1-2H3,(H,24,27)(H,25,28). The van der Waals surface area contributed by atoms with Crippen molar-refractivity contribution in [2.45, 2.75) is 58.4 Å². The molecule has 1 fully saturated rings. The molecule has 0 aromatic heterocycles. The molecule has 0 heterocycles. The number of nitrogens with zero attached hydrogens (tertiary/aromatic N) is 1. The van der Waals surface area contributed by atoms with E-state index in [-0.39, 0.29) is 43.8 Å². The van der Waals surface area contributed by atoms with Crippen molar-refractivity contribution >= 4 is 17.5 Å². The Bertz CT molecular complexity index is 781. The largest absolute Gasteiger partial charge is 0.356 e. The van der Waals surface area contributed by atoms with Crippen molar-refractivity contribution in [1.82, 2.24) is 10.8 Å². The Hall–Kier alpha value is -2.56. The van der Waals surface area contributed by atoms with Crippen LogP contribution in [0.2, 0.25) is 0 Å². The van der Waals surface area contributed by atoms with Gasteiger partial charge in [-0.1, -0.05) is 19.1 Å². The Morgan fingerprint density at radius 3 is 2.61 bits per heavy atom.